The van der Waals surface area contributed by atoms with Crippen molar-refractivity contribution in [1.82, 2.24) is 4.90 Å². The SMILES string of the molecule is C[C@H](CCN1CCC(Cc2ccccc2)CC1)c1ccccc1. The van der Waals surface area contributed by atoms with E-state index in [0.717, 1.165) is 5.92 Å². The van der Waals surface area contributed by atoms with Crippen molar-refractivity contribution < 1.29 is 0 Å². The molecule has 3 rings (SSSR count). The van der Waals surface area contributed by atoms with E-state index < -0.39 is 0 Å². The fraction of sp³-hybridized carbons (Fsp3) is 0.455. The number of likely N-dealkylation sites (tertiary alicyclic amines) is 1. The Morgan fingerprint density at radius 3 is 2.17 bits per heavy atom. The van der Waals surface area contributed by atoms with Gasteiger partial charge in [0.05, 0.1) is 0 Å². The van der Waals surface area contributed by atoms with Crippen molar-refractivity contribution in [3.05, 3.63) is 71.8 Å². The van der Waals surface area contributed by atoms with Crippen LogP contribution < -0.4 is 0 Å². The van der Waals surface area contributed by atoms with Crippen LogP contribution in [0.2, 0.25) is 0 Å². The highest BCUT2D eigenvalue weighted by molar-refractivity contribution is 5.18. The lowest BCUT2D eigenvalue weighted by atomic mass is 9.89. The van der Waals surface area contributed by atoms with Gasteiger partial charge < -0.3 is 4.90 Å². The minimum absolute atomic E-state index is 0.665. The van der Waals surface area contributed by atoms with Gasteiger partial charge in [0.2, 0.25) is 0 Å². The lowest BCUT2D eigenvalue weighted by Gasteiger charge is -2.32. The van der Waals surface area contributed by atoms with Crippen LogP contribution in [0, 0.1) is 5.92 Å². The van der Waals surface area contributed by atoms with Crippen molar-refractivity contribution in [3.8, 4) is 0 Å². The molecule has 0 amide bonds. The van der Waals surface area contributed by atoms with Gasteiger partial charge in [-0.15, -0.1) is 0 Å². The lowest BCUT2D eigenvalue weighted by molar-refractivity contribution is 0.179. The van der Waals surface area contributed by atoms with E-state index in [4.69, 9.17) is 0 Å². The topological polar surface area (TPSA) is 3.24 Å². The van der Waals surface area contributed by atoms with Gasteiger partial charge in [0.1, 0.15) is 0 Å². The molecular formula is C22H29N. The summed E-state index contributed by atoms with van der Waals surface area (Å²) in [5, 5.41) is 0. The molecule has 122 valence electrons. The summed E-state index contributed by atoms with van der Waals surface area (Å²) in [6, 6.07) is 21.9. The molecule has 1 saturated heterocycles. The average Bonchev–Trinajstić information content (AvgIpc) is 2.62. The highest BCUT2D eigenvalue weighted by atomic mass is 15.1. The van der Waals surface area contributed by atoms with Crippen LogP contribution in [-0.2, 0) is 6.42 Å². The molecule has 2 aromatic carbocycles. The number of benzene rings is 2. The van der Waals surface area contributed by atoms with Crippen molar-refractivity contribution in [2.45, 2.75) is 38.5 Å². The Bertz CT molecular complexity index is 555. The molecule has 1 atom stereocenters. The summed E-state index contributed by atoms with van der Waals surface area (Å²) in [6.45, 7) is 6.16. The quantitative estimate of drug-likeness (QED) is 0.714. The number of rotatable bonds is 6. The van der Waals surface area contributed by atoms with Crippen molar-refractivity contribution in [1.29, 1.82) is 0 Å². The molecule has 0 bridgehead atoms. The highest BCUT2D eigenvalue weighted by Gasteiger charge is 2.19. The number of hydrogen-bond donors (Lipinski definition) is 0. The second-order valence-corrected chi connectivity index (χ2v) is 7.08. The largest absolute Gasteiger partial charge is 0.303 e. The first-order valence-corrected chi connectivity index (χ1v) is 9.12. The zero-order valence-electron chi connectivity index (χ0n) is 14.3. The van der Waals surface area contributed by atoms with Gasteiger partial charge in [-0.2, -0.15) is 0 Å². The molecule has 1 nitrogen and oxygen atoms in total. The van der Waals surface area contributed by atoms with Crippen molar-refractivity contribution in [3.63, 3.8) is 0 Å². The predicted molar refractivity (Wildman–Crippen MR) is 98.8 cm³/mol. The van der Waals surface area contributed by atoms with Crippen LogP contribution >= 0.6 is 0 Å². The molecule has 1 heteroatoms. The highest BCUT2D eigenvalue weighted by Crippen LogP contribution is 2.24. The molecule has 23 heavy (non-hydrogen) atoms. The molecular weight excluding hydrogens is 278 g/mol. The van der Waals surface area contributed by atoms with E-state index in [9.17, 15) is 0 Å². The van der Waals surface area contributed by atoms with Crippen molar-refractivity contribution in [2.75, 3.05) is 19.6 Å². The summed E-state index contributed by atoms with van der Waals surface area (Å²) in [5.41, 5.74) is 2.98. The zero-order chi connectivity index (χ0) is 15.9. The van der Waals surface area contributed by atoms with Crippen LogP contribution in [0.3, 0.4) is 0 Å². The second-order valence-electron chi connectivity index (χ2n) is 7.08. The van der Waals surface area contributed by atoms with Gasteiger partial charge in [-0.3, -0.25) is 0 Å². The lowest BCUT2D eigenvalue weighted by Crippen LogP contribution is -2.35. The second kappa shape index (κ2) is 8.31. The number of nitrogens with zero attached hydrogens (tertiary/aromatic N) is 1. The summed E-state index contributed by atoms with van der Waals surface area (Å²) in [4.78, 5) is 2.67. The summed E-state index contributed by atoms with van der Waals surface area (Å²) >= 11 is 0. The molecule has 0 N–H and O–H groups in total. The first-order valence-electron chi connectivity index (χ1n) is 9.12. The maximum atomic E-state index is 2.67. The molecule has 0 aromatic heterocycles. The summed E-state index contributed by atoms with van der Waals surface area (Å²) in [7, 11) is 0. The van der Waals surface area contributed by atoms with Crippen LogP contribution in [0.15, 0.2) is 60.7 Å². The standard InChI is InChI=1S/C22H29N/c1-19(22-10-6-3-7-11-22)12-15-23-16-13-21(14-17-23)18-20-8-4-2-5-9-20/h2-11,19,21H,12-18H2,1H3/t19-/m1/s1. The van der Waals surface area contributed by atoms with E-state index in [1.54, 1.807) is 0 Å². The van der Waals surface area contributed by atoms with Crippen molar-refractivity contribution in [2.24, 2.45) is 5.92 Å². The Morgan fingerprint density at radius 1 is 0.913 bits per heavy atom. The zero-order valence-corrected chi connectivity index (χ0v) is 14.3. The van der Waals surface area contributed by atoms with Gasteiger partial charge in [0, 0.05) is 0 Å². The normalized spacial score (nSPS) is 18.0. The molecule has 1 heterocycles. The maximum Gasteiger partial charge on any atom is -0.00130 e. The van der Waals surface area contributed by atoms with Crippen LogP contribution in [-0.4, -0.2) is 24.5 Å². The van der Waals surface area contributed by atoms with E-state index in [1.165, 1.54) is 56.4 Å². The monoisotopic (exact) mass is 307 g/mol. The molecule has 0 aliphatic carbocycles. The predicted octanol–water partition coefficient (Wildman–Crippen LogP) is 5.13. The first-order chi connectivity index (χ1) is 11.3. The summed E-state index contributed by atoms with van der Waals surface area (Å²) in [5.74, 6) is 1.54. The van der Waals surface area contributed by atoms with Crippen LogP contribution in [0.5, 0.6) is 0 Å². The van der Waals surface area contributed by atoms with Crippen molar-refractivity contribution >= 4 is 0 Å². The van der Waals surface area contributed by atoms with E-state index in [-0.39, 0.29) is 0 Å². The van der Waals surface area contributed by atoms with Gasteiger partial charge in [0.25, 0.3) is 0 Å². The number of hydrogen-bond acceptors (Lipinski definition) is 1. The molecule has 0 unspecified atom stereocenters. The fourth-order valence-electron chi connectivity index (χ4n) is 3.69. The molecule has 0 radical (unpaired) electrons. The third-order valence-electron chi connectivity index (χ3n) is 5.32. The third kappa shape index (κ3) is 4.94. The van der Waals surface area contributed by atoms with Crippen LogP contribution in [0.25, 0.3) is 0 Å². The minimum atomic E-state index is 0.665. The molecule has 0 saturated carbocycles. The molecule has 2 aromatic rings. The van der Waals surface area contributed by atoms with Crippen LogP contribution in [0.4, 0.5) is 0 Å². The van der Waals surface area contributed by atoms with Gasteiger partial charge in [-0.25, -0.2) is 0 Å². The maximum absolute atomic E-state index is 2.67. The van der Waals surface area contributed by atoms with Crippen LogP contribution in [0.1, 0.15) is 43.2 Å². The van der Waals surface area contributed by atoms with Gasteiger partial charge >= 0.3 is 0 Å². The number of piperidine rings is 1. The Labute approximate surface area is 141 Å². The van der Waals surface area contributed by atoms with Gasteiger partial charge in [-0.05, 0) is 68.3 Å². The fourth-order valence-corrected chi connectivity index (χ4v) is 3.69. The molecule has 0 spiro atoms. The smallest absolute Gasteiger partial charge is 0.00130 e. The molecule has 1 fully saturated rings. The van der Waals surface area contributed by atoms with E-state index in [0.29, 0.717) is 5.92 Å². The Balaban J connectivity index is 1.39. The minimum Gasteiger partial charge on any atom is -0.303 e. The van der Waals surface area contributed by atoms with E-state index in [1.807, 2.05) is 0 Å². The van der Waals surface area contributed by atoms with Gasteiger partial charge in [-0.1, -0.05) is 67.6 Å². The van der Waals surface area contributed by atoms with Gasteiger partial charge in [0.15, 0.2) is 0 Å². The average molecular weight is 307 g/mol. The molecule has 1 aliphatic heterocycles. The Morgan fingerprint density at radius 2 is 1.52 bits per heavy atom. The third-order valence-corrected chi connectivity index (χ3v) is 5.32. The summed E-state index contributed by atoms with van der Waals surface area (Å²) < 4.78 is 0. The Kier molecular flexibility index (Phi) is 5.87. The first kappa shape index (κ1) is 16.3. The summed E-state index contributed by atoms with van der Waals surface area (Å²) in [6.07, 6.45) is 5.24. The van der Waals surface area contributed by atoms with E-state index in [2.05, 4.69) is 72.5 Å². The molecule has 1 aliphatic rings. The Hall–Kier alpha value is -1.60. The van der Waals surface area contributed by atoms with E-state index >= 15 is 0 Å².